The van der Waals surface area contributed by atoms with Crippen LogP contribution < -0.4 is 10.6 Å². The minimum Gasteiger partial charge on any atom is -0.345 e. The summed E-state index contributed by atoms with van der Waals surface area (Å²) in [4.78, 5) is 1.70. The summed E-state index contributed by atoms with van der Waals surface area (Å²) >= 11 is 3.45. The molecule has 1 atom stereocenters. The first-order chi connectivity index (χ1) is 8.10. The Bertz CT molecular complexity index is 454. The van der Waals surface area contributed by atoms with Crippen LogP contribution in [0.3, 0.4) is 0 Å². The third-order valence-electron chi connectivity index (χ3n) is 2.36. The lowest BCUT2D eigenvalue weighted by molar-refractivity contribution is 0.812. The number of nitriles is 2. The Kier molecular flexibility index (Phi) is 4.96. The normalized spacial score (nSPS) is 11.4. The van der Waals surface area contributed by atoms with E-state index in [2.05, 4.69) is 15.9 Å². The number of nitrogens with two attached hydrogens (primary N) is 1. The molecule has 0 radical (unpaired) electrons. The van der Waals surface area contributed by atoms with Gasteiger partial charge in [0, 0.05) is 16.2 Å². The second-order valence-electron chi connectivity index (χ2n) is 3.67. The monoisotopic (exact) mass is 292 g/mol. The van der Waals surface area contributed by atoms with Crippen LogP contribution in [0.2, 0.25) is 0 Å². The lowest BCUT2D eigenvalue weighted by Gasteiger charge is -2.19. The van der Waals surface area contributed by atoms with E-state index in [1.165, 1.54) is 0 Å². The molecule has 0 unspecified atom stereocenters. The zero-order chi connectivity index (χ0) is 12.8. The predicted octanol–water partition coefficient (Wildman–Crippen LogP) is 2.32. The summed E-state index contributed by atoms with van der Waals surface area (Å²) in [6, 6.07) is 9.69. The standard InChI is InChI=1S/C12H13BrN4/c1-9(16)11-3-2-10(8-12(11)13)17(6-4-14)7-5-15/h2-3,8-9H,6-7,16H2,1H3/t9-/m0/s1. The second kappa shape index (κ2) is 6.24. The van der Waals surface area contributed by atoms with Crippen molar-refractivity contribution in [1.82, 2.24) is 0 Å². The van der Waals surface area contributed by atoms with E-state index < -0.39 is 0 Å². The van der Waals surface area contributed by atoms with Gasteiger partial charge < -0.3 is 10.6 Å². The Morgan fingerprint density at radius 1 is 1.35 bits per heavy atom. The fourth-order valence-corrected chi connectivity index (χ4v) is 2.22. The molecule has 0 heterocycles. The van der Waals surface area contributed by atoms with Gasteiger partial charge in [-0.25, -0.2) is 0 Å². The number of hydrogen-bond donors (Lipinski definition) is 1. The molecular weight excluding hydrogens is 280 g/mol. The molecule has 1 aromatic carbocycles. The Morgan fingerprint density at radius 3 is 2.35 bits per heavy atom. The molecule has 4 nitrogen and oxygen atoms in total. The molecular formula is C12H13BrN4. The molecule has 0 saturated carbocycles. The highest BCUT2D eigenvalue weighted by atomic mass is 79.9. The molecule has 0 aliphatic rings. The number of nitrogens with zero attached hydrogens (tertiary/aromatic N) is 3. The molecule has 17 heavy (non-hydrogen) atoms. The summed E-state index contributed by atoms with van der Waals surface area (Å²) in [5, 5.41) is 17.4. The summed E-state index contributed by atoms with van der Waals surface area (Å²) in [6.07, 6.45) is 0. The molecule has 0 bridgehead atoms. The Balaban J connectivity index is 3.03. The Morgan fingerprint density at radius 2 is 1.94 bits per heavy atom. The molecule has 0 aromatic heterocycles. The summed E-state index contributed by atoms with van der Waals surface area (Å²) in [6.45, 7) is 2.29. The van der Waals surface area contributed by atoms with Crippen molar-refractivity contribution in [2.45, 2.75) is 13.0 Å². The highest BCUT2D eigenvalue weighted by Crippen LogP contribution is 2.27. The van der Waals surface area contributed by atoms with Crippen molar-refractivity contribution in [2.24, 2.45) is 5.73 Å². The lowest BCUT2D eigenvalue weighted by atomic mass is 10.1. The quantitative estimate of drug-likeness (QED) is 0.864. The zero-order valence-corrected chi connectivity index (χ0v) is 11.1. The predicted molar refractivity (Wildman–Crippen MR) is 70.2 cm³/mol. The van der Waals surface area contributed by atoms with Crippen LogP contribution in [0, 0.1) is 22.7 Å². The van der Waals surface area contributed by atoms with Crippen LogP contribution in [-0.4, -0.2) is 13.1 Å². The van der Waals surface area contributed by atoms with Gasteiger partial charge in [-0.3, -0.25) is 0 Å². The fourth-order valence-electron chi connectivity index (χ4n) is 1.49. The summed E-state index contributed by atoms with van der Waals surface area (Å²) in [5.74, 6) is 0. The van der Waals surface area contributed by atoms with E-state index in [0.29, 0.717) is 0 Å². The number of hydrogen-bond acceptors (Lipinski definition) is 4. The average Bonchev–Trinajstić information content (AvgIpc) is 2.28. The van der Waals surface area contributed by atoms with Gasteiger partial charge in [-0.2, -0.15) is 10.5 Å². The molecule has 0 aliphatic heterocycles. The van der Waals surface area contributed by atoms with Crippen LogP contribution in [0.1, 0.15) is 18.5 Å². The van der Waals surface area contributed by atoms with Crippen molar-refractivity contribution >= 4 is 21.6 Å². The molecule has 1 rings (SSSR count). The van der Waals surface area contributed by atoms with Gasteiger partial charge in [-0.05, 0) is 24.6 Å². The highest BCUT2D eigenvalue weighted by Gasteiger charge is 2.10. The van der Waals surface area contributed by atoms with Crippen LogP contribution in [-0.2, 0) is 0 Å². The average molecular weight is 293 g/mol. The highest BCUT2D eigenvalue weighted by molar-refractivity contribution is 9.10. The van der Waals surface area contributed by atoms with Crippen molar-refractivity contribution in [3.05, 3.63) is 28.2 Å². The van der Waals surface area contributed by atoms with E-state index in [-0.39, 0.29) is 19.1 Å². The summed E-state index contributed by atoms with van der Waals surface area (Å²) in [5.41, 5.74) is 7.65. The topological polar surface area (TPSA) is 76.8 Å². The largest absolute Gasteiger partial charge is 0.345 e. The molecule has 2 N–H and O–H groups in total. The minimum absolute atomic E-state index is 0.0567. The van der Waals surface area contributed by atoms with E-state index in [1.54, 1.807) is 4.90 Å². The third kappa shape index (κ3) is 3.45. The van der Waals surface area contributed by atoms with E-state index in [0.717, 1.165) is 15.7 Å². The van der Waals surface area contributed by atoms with Gasteiger partial charge in [0.15, 0.2) is 0 Å². The maximum atomic E-state index is 8.70. The maximum absolute atomic E-state index is 8.70. The van der Waals surface area contributed by atoms with Gasteiger partial charge in [0.1, 0.15) is 13.1 Å². The molecule has 88 valence electrons. The number of anilines is 1. The van der Waals surface area contributed by atoms with Gasteiger partial charge in [0.05, 0.1) is 12.1 Å². The third-order valence-corrected chi connectivity index (χ3v) is 3.05. The van der Waals surface area contributed by atoms with E-state index >= 15 is 0 Å². The summed E-state index contributed by atoms with van der Waals surface area (Å²) < 4.78 is 0.894. The number of rotatable bonds is 4. The SMILES string of the molecule is C[C@H](N)c1ccc(N(CC#N)CC#N)cc1Br. The van der Waals surface area contributed by atoms with Gasteiger partial charge in [-0.15, -0.1) is 0 Å². The smallest absolute Gasteiger partial charge is 0.106 e. The van der Waals surface area contributed by atoms with Crippen molar-refractivity contribution in [3.8, 4) is 12.1 Å². The van der Waals surface area contributed by atoms with Crippen molar-refractivity contribution in [3.63, 3.8) is 0 Å². The first-order valence-electron chi connectivity index (χ1n) is 5.14. The van der Waals surface area contributed by atoms with E-state index in [9.17, 15) is 0 Å². The van der Waals surface area contributed by atoms with Gasteiger partial charge >= 0.3 is 0 Å². The Hall–Kier alpha value is -1.56. The van der Waals surface area contributed by atoms with Gasteiger partial charge in [-0.1, -0.05) is 22.0 Å². The molecule has 0 spiro atoms. The number of benzene rings is 1. The molecule has 0 amide bonds. The van der Waals surface area contributed by atoms with Crippen LogP contribution in [0.15, 0.2) is 22.7 Å². The van der Waals surface area contributed by atoms with Crippen LogP contribution in [0.25, 0.3) is 0 Å². The van der Waals surface area contributed by atoms with Crippen LogP contribution in [0.5, 0.6) is 0 Å². The van der Waals surface area contributed by atoms with Crippen molar-refractivity contribution < 1.29 is 0 Å². The molecule has 5 heteroatoms. The van der Waals surface area contributed by atoms with Crippen molar-refractivity contribution in [1.29, 1.82) is 10.5 Å². The first kappa shape index (κ1) is 13.5. The van der Waals surface area contributed by atoms with Crippen molar-refractivity contribution in [2.75, 3.05) is 18.0 Å². The lowest BCUT2D eigenvalue weighted by Crippen LogP contribution is -2.23. The van der Waals surface area contributed by atoms with Gasteiger partial charge in [0.2, 0.25) is 0 Å². The van der Waals surface area contributed by atoms with E-state index in [4.69, 9.17) is 16.3 Å². The summed E-state index contributed by atoms with van der Waals surface area (Å²) in [7, 11) is 0. The molecule has 0 aliphatic carbocycles. The van der Waals surface area contributed by atoms with E-state index in [1.807, 2.05) is 37.3 Å². The minimum atomic E-state index is -0.0567. The van der Waals surface area contributed by atoms with Crippen LogP contribution >= 0.6 is 15.9 Å². The molecule has 0 saturated heterocycles. The zero-order valence-electron chi connectivity index (χ0n) is 9.52. The maximum Gasteiger partial charge on any atom is 0.106 e. The second-order valence-corrected chi connectivity index (χ2v) is 4.52. The number of halogens is 1. The molecule has 1 aromatic rings. The Labute approximate surface area is 109 Å². The van der Waals surface area contributed by atoms with Gasteiger partial charge in [0.25, 0.3) is 0 Å². The first-order valence-corrected chi connectivity index (χ1v) is 5.93. The van der Waals surface area contributed by atoms with Crippen LogP contribution in [0.4, 0.5) is 5.69 Å². The fraction of sp³-hybridized carbons (Fsp3) is 0.333. The molecule has 0 fully saturated rings.